The average Bonchev–Trinajstić information content (AvgIpc) is 3.67. The van der Waals surface area contributed by atoms with E-state index in [9.17, 15) is 22.8 Å². The molecule has 4 rings (SSSR count). The third-order valence-corrected chi connectivity index (χ3v) is 5.63. The molecule has 0 radical (unpaired) electrons. The van der Waals surface area contributed by atoms with Crippen LogP contribution in [0.4, 0.5) is 24.8 Å². The molecule has 0 aromatic carbocycles. The van der Waals surface area contributed by atoms with E-state index in [1.807, 2.05) is 4.90 Å². The van der Waals surface area contributed by atoms with Crippen LogP contribution in [0.5, 0.6) is 5.88 Å². The first kappa shape index (κ1) is 23.8. The minimum Gasteiger partial charge on any atom is -0.468 e. The summed E-state index contributed by atoms with van der Waals surface area (Å²) in [7, 11) is 0. The maximum Gasteiger partial charge on any atom is 0.422 e. The molecule has 2 amide bonds. The van der Waals surface area contributed by atoms with Crippen molar-refractivity contribution in [2.75, 3.05) is 29.9 Å². The molecule has 3 heterocycles. The third kappa shape index (κ3) is 6.58. The predicted octanol–water partition coefficient (Wildman–Crippen LogP) is 3.69. The Labute approximate surface area is 194 Å². The van der Waals surface area contributed by atoms with Crippen LogP contribution in [0.1, 0.15) is 48.0 Å². The number of amides is 2. The fourth-order valence-electron chi connectivity index (χ4n) is 3.71. The molecule has 1 saturated heterocycles. The van der Waals surface area contributed by atoms with Crippen molar-refractivity contribution in [3.8, 4) is 5.88 Å². The first-order chi connectivity index (χ1) is 16.3. The quantitative estimate of drug-likeness (QED) is 0.602. The summed E-state index contributed by atoms with van der Waals surface area (Å²) >= 11 is 0. The van der Waals surface area contributed by atoms with Gasteiger partial charge in [-0.3, -0.25) is 9.59 Å². The molecule has 0 bridgehead atoms. The average molecular weight is 477 g/mol. The molecule has 11 heteroatoms. The molecule has 2 aromatic heterocycles. The second kappa shape index (κ2) is 10.3. The lowest BCUT2D eigenvalue weighted by Crippen LogP contribution is -2.32. The molecule has 2 fully saturated rings. The van der Waals surface area contributed by atoms with Crippen molar-refractivity contribution in [3.05, 3.63) is 41.6 Å². The van der Waals surface area contributed by atoms with E-state index in [2.05, 4.69) is 20.6 Å². The summed E-state index contributed by atoms with van der Waals surface area (Å²) in [5, 5.41) is 5.53. The molecule has 0 atom stereocenters. The van der Waals surface area contributed by atoms with Crippen LogP contribution in [-0.2, 0) is 11.3 Å². The Morgan fingerprint density at radius 3 is 2.59 bits per heavy atom. The largest absolute Gasteiger partial charge is 0.468 e. The van der Waals surface area contributed by atoms with Crippen LogP contribution in [-0.4, -0.2) is 47.7 Å². The monoisotopic (exact) mass is 477 g/mol. The van der Waals surface area contributed by atoms with Crippen LogP contribution in [0.25, 0.3) is 0 Å². The molecule has 0 unspecified atom stereocenters. The van der Waals surface area contributed by atoms with E-state index in [0.717, 1.165) is 45.2 Å². The van der Waals surface area contributed by atoms with E-state index >= 15 is 0 Å². The van der Waals surface area contributed by atoms with Crippen LogP contribution in [0, 0.1) is 5.92 Å². The van der Waals surface area contributed by atoms with Crippen LogP contribution >= 0.6 is 0 Å². The molecule has 0 spiro atoms. The van der Waals surface area contributed by atoms with Gasteiger partial charge in [0.2, 0.25) is 11.8 Å². The molecule has 2 aromatic rings. The number of anilines is 2. The molecule has 8 nitrogen and oxygen atoms in total. The second-order valence-electron chi connectivity index (χ2n) is 8.46. The Morgan fingerprint density at radius 2 is 1.88 bits per heavy atom. The lowest BCUT2D eigenvalue weighted by Gasteiger charge is -2.29. The summed E-state index contributed by atoms with van der Waals surface area (Å²) in [6.07, 6.45) is 1.69. The Kier molecular flexibility index (Phi) is 7.18. The highest BCUT2D eigenvalue weighted by Crippen LogP contribution is 2.30. The number of pyridine rings is 2. The van der Waals surface area contributed by atoms with Gasteiger partial charge in [-0.05, 0) is 50.3 Å². The van der Waals surface area contributed by atoms with Crippen LogP contribution in [0.15, 0.2) is 30.5 Å². The Bertz CT molecular complexity index is 1040. The van der Waals surface area contributed by atoms with Gasteiger partial charge >= 0.3 is 6.18 Å². The van der Waals surface area contributed by atoms with Crippen molar-refractivity contribution < 1.29 is 27.5 Å². The lowest BCUT2D eigenvalue weighted by molar-refractivity contribution is -0.154. The van der Waals surface area contributed by atoms with E-state index in [1.165, 1.54) is 18.3 Å². The Balaban J connectivity index is 1.44. The van der Waals surface area contributed by atoms with E-state index in [0.29, 0.717) is 22.8 Å². The topological polar surface area (TPSA) is 96.4 Å². The van der Waals surface area contributed by atoms with Gasteiger partial charge in [0, 0.05) is 48.9 Å². The predicted molar refractivity (Wildman–Crippen MR) is 119 cm³/mol. The highest BCUT2D eigenvalue weighted by atomic mass is 19.4. The highest BCUT2D eigenvalue weighted by molar-refractivity contribution is 5.97. The zero-order valence-corrected chi connectivity index (χ0v) is 18.5. The standard InChI is InChI=1S/C23H26F3N5O3/c24-23(25,26)14-34-19-7-6-17(20(30-19)31-10-2-1-3-11-31)13-28-21(32)16-8-9-27-18(12-16)29-22(33)15-4-5-15/h6-9,12,15H,1-5,10-11,13-14H2,(H,28,32)(H,27,29,33). The van der Waals surface area contributed by atoms with Crippen LogP contribution < -0.4 is 20.3 Å². The molecule has 2 aliphatic rings. The summed E-state index contributed by atoms with van der Waals surface area (Å²) in [5.74, 6) is 0.251. The van der Waals surface area contributed by atoms with Gasteiger partial charge in [-0.2, -0.15) is 18.2 Å². The van der Waals surface area contributed by atoms with Crippen molar-refractivity contribution >= 4 is 23.5 Å². The summed E-state index contributed by atoms with van der Waals surface area (Å²) < 4.78 is 42.5. The summed E-state index contributed by atoms with van der Waals surface area (Å²) in [4.78, 5) is 35.1. The van der Waals surface area contributed by atoms with Gasteiger partial charge < -0.3 is 20.3 Å². The number of piperidine rings is 1. The fraction of sp³-hybridized carbons (Fsp3) is 0.478. The zero-order valence-electron chi connectivity index (χ0n) is 18.5. The van der Waals surface area contributed by atoms with Gasteiger partial charge in [0.05, 0.1) is 0 Å². The number of alkyl halides is 3. The third-order valence-electron chi connectivity index (χ3n) is 5.63. The minimum atomic E-state index is -4.46. The van der Waals surface area contributed by atoms with Crippen molar-refractivity contribution in [3.63, 3.8) is 0 Å². The summed E-state index contributed by atoms with van der Waals surface area (Å²) in [5.41, 5.74) is 1.00. The first-order valence-corrected chi connectivity index (χ1v) is 11.3. The summed E-state index contributed by atoms with van der Waals surface area (Å²) in [6, 6.07) is 6.04. The molecule has 1 aliphatic heterocycles. The number of nitrogens with zero attached hydrogens (tertiary/aromatic N) is 3. The smallest absolute Gasteiger partial charge is 0.422 e. The number of nitrogens with one attached hydrogen (secondary N) is 2. The lowest BCUT2D eigenvalue weighted by atomic mass is 10.1. The van der Waals surface area contributed by atoms with Crippen LogP contribution in [0.2, 0.25) is 0 Å². The minimum absolute atomic E-state index is 0.0167. The molecular formula is C23H26F3N5O3. The van der Waals surface area contributed by atoms with Gasteiger partial charge in [-0.1, -0.05) is 0 Å². The number of hydrogen-bond acceptors (Lipinski definition) is 6. The van der Waals surface area contributed by atoms with Crippen molar-refractivity contribution in [1.82, 2.24) is 15.3 Å². The van der Waals surface area contributed by atoms with Gasteiger partial charge in [0.1, 0.15) is 11.6 Å². The van der Waals surface area contributed by atoms with E-state index in [4.69, 9.17) is 4.74 Å². The summed E-state index contributed by atoms with van der Waals surface area (Å²) in [6.45, 7) is 0.163. The van der Waals surface area contributed by atoms with Crippen molar-refractivity contribution in [2.24, 2.45) is 5.92 Å². The number of carbonyl (C=O) groups is 2. The molecule has 1 aliphatic carbocycles. The molecule has 2 N–H and O–H groups in total. The van der Waals surface area contributed by atoms with Crippen LogP contribution in [0.3, 0.4) is 0 Å². The maximum absolute atomic E-state index is 12.7. The molecule has 34 heavy (non-hydrogen) atoms. The Hall–Kier alpha value is -3.37. The van der Waals surface area contributed by atoms with Crippen molar-refractivity contribution in [1.29, 1.82) is 0 Å². The second-order valence-corrected chi connectivity index (χ2v) is 8.46. The number of ether oxygens (including phenoxy) is 1. The van der Waals surface area contributed by atoms with E-state index in [-0.39, 0.29) is 30.2 Å². The fourth-order valence-corrected chi connectivity index (χ4v) is 3.71. The number of aromatic nitrogens is 2. The van der Waals surface area contributed by atoms with Gasteiger partial charge in [0.25, 0.3) is 5.91 Å². The van der Waals surface area contributed by atoms with E-state index < -0.39 is 12.8 Å². The highest BCUT2D eigenvalue weighted by Gasteiger charge is 2.30. The number of rotatable bonds is 8. The van der Waals surface area contributed by atoms with Crippen molar-refractivity contribution in [2.45, 2.75) is 44.8 Å². The number of hydrogen-bond donors (Lipinski definition) is 2. The number of halogens is 3. The SMILES string of the molecule is O=C(NCc1ccc(OCC(F)(F)F)nc1N1CCCCC1)c1ccnc(NC(=O)C2CC2)c1. The molecule has 1 saturated carbocycles. The van der Waals surface area contributed by atoms with Gasteiger partial charge in [0.15, 0.2) is 6.61 Å². The number of carbonyl (C=O) groups excluding carboxylic acids is 2. The maximum atomic E-state index is 12.7. The molecular weight excluding hydrogens is 451 g/mol. The first-order valence-electron chi connectivity index (χ1n) is 11.3. The zero-order chi connectivity index (χ0) is 24.1. The van der Waals surface area contributed by atoms with E-state index in [1.54, 1.807) is 12.1 Å². The Morgan fingerprint density at radius 1 is 1.12 bits per heavy atom. The molecule has 182 valence electrons. The normalized spacial score (nSPS) is 16.1. The van der Waals surface area contributed by atoms with Gasteiger partial charge in [-0.25, -0.2) is 4.98 Å². The van der Waals surface area contributed by atoms with Gasteiger partial charge in [-0.15, -0.1) is 0 Å².